The Bertz CT molecular complexity index is 549. The number of ether oxygens (including phenoxy) is 1. The van der Waals surface area contributed by atoms with Crippen molar-refractivity contribution in [3.05, 3.63) is 34.5 Å². The minimum Gasteiger partial charge on any atom is -0.480 e. The van der Waals surface area contributed by atoms with Gasteiger partial charge in [0.1, 0.15) is 5.82 Å². The van der Waals surface area contributed by atoms with Gasteiger partial charge in [-0.15, -0.1) is 0 Å². The van der Waals surface area contributed by atoms with E-state index in [2.05, 4.69) is 41.2 Å². The summed E-state index contributed by atoms with van der Waals surface area (Å²) in [4.78, 5) is 16.6. The van der Waals surface area contributed by atoms with Crippen molar-refractivity contribution in [2.45, 2.75) is 13.5 Å². The van der Waals surface area contributed by atoms with Crippen LogP contribution in [0.2, 0.25) is 0 Å². The van der Waals surface area contributed by atoms with E-state index in [9.17, 15) is 0 Å². The fourth-order valence-corrected chi connectivity index (χ4v) is 1.71. The molecule has 6 nitrogen and oxygen atoms in total. The summed E-state index contributed by atoms with van der Waals surface area (Å²) in [6, 6.07) is 1.84. The van der Waals surface area contributed by atoms with Crippen molar-refractivity contribution in [1.29, 1.82) is 0 Å². The largest absolute Gasteiger partial charge is 0.480 e. The highest BCUT2D eigenvalue weighted by atomic mass is 79.9. The summed E-state index contributed by atoms with van der Waals surface area (Å²) in [5.74, 6) is 1.72. The first-order valence-electron chi connectivity index (χ1n) is 5.28. The number of hydrogen-bond donors (Lipinski definition) is 1. The van der Waals surface area contributed by atoms with Crippen molar-refractivity contribution >= 4 is 21.9 Å². The molecule has 0 saturated carbocycles. The zero-order valence-electron chi connectivity index (χ0n) is 10.0. The summed E-state index contributed by atoms with van der Waals surface area (Å²) in [5.41, 5.74) is 0.882. The number of nitrogens with one attached hydrogen (secondary N) is 1. The molecule has 0 aliphatic carbocycles. The molecule has 0 atom stereocenters. The lowest BCUT2D eigenvalue weighted by Crippen LogP contribution is -2.06. The van der Waals surface area contributed by atoms with Crippen molar-refractivity contribution in [3.8, 4) is 5.88 Å². The second kappa shape index (κ2) is 5.72. The Morgan fingerprint density at radius 1 is 1.33 bits per heavy atom. The number of aromatic nitrogens is 4. The molecule has 0 saturated heterocycles. The Kier molecular flexibility index (Phi) is 4.03. The lowest BCUT2D eigenvalue weighted by molar-refractivity contribution is 0.394. The van der Waals surface area contributed by atoms with E-state index in [0.29, 0.717) is 22.8 Å². The molecule has 0 aliphatic rings. The van der Waals surface area contributed by atoms with Crippen LogP contribution in [0.15, 0.2) is 22.9 Å². The monoisotopic (exact) mass is 309 g/mol. The van der Waals surface area contributed by atoms with Crippen LogP contribution in [0.1, 0.15) is 11.5 Å². The van der Waals surface area contributed by atoms with Crippen LogP contribution in [-0.4, -0.2) is 27.0 Å². The van der Waals surface area contributed by atoms with Crippen molar-refractivity contribution in [2.24, 2.45) is 0 Å². The van der Waals surface area contributed by atoms with E-state index in [-0.39, 0.29) is 0 Å². The summed E-state index contributed by atoms with van der Waals surface area (Å²) in [7, 11) is 1.56. The van der Waals surface area contributed by atoms with Gasteiger partial charge >= 0.3 is 0 Å². The lowest BCUT2D eigenvalue weighted by atomic mass is 10.4. The molecule has 0 radical (unpaired) electrons. The van der Waals surface area contributed by atoms with E-state index in [4.69, 9.17) is 4.74 Å². The van der Waals surface area contributed by atoms with Gasteiger partial charge in [0, 0.05) is 6.20 Å². The van der Waals surface area contributed by atoms with Crippen LogP contribution in [0.3, 0.4) is 0 Å². The number of nitrogens with zero attached hydrogens (tertiary/aromatic N) is 4. The van der Waals surface area contributed by atoms with Crippen LogP contribution in [-0.2, 0) is 6.54 Å². The Morgan fingerprint density at radius 3 is 2.89 bits per heavy atom. The van der Waals surface area contributed by atoms with E-state index >= 15 is 0 Å². The summed E-state index contributed by atoms with van der Waals surface area (Å²) in [6.45, 7) is 2.39. The molecule has 2 rings (SSSR count). The third kappa shape index (κ3) is 3.13. The highest BCUT2D eigenvalue weighted by Gasteiger charge is 2.05. The van der Waals surface area contributed by atoms with Gasteiger partial charge in [-0.3, -0.25) is 0 Å². The maximum atomic E-state index is 5.09. The van der Waals surface area contributed by atoms with E-state index in [1.165, 1.54) is 0 Å². The van der Waals surface area contributed by atoms with Crippen LogP contribution in [0.4, 0.5) is 5.95 Å². The summed E-state index contributed by atoms with van der Waals surface area (Å²) in [5, 5.41) is 3.08. The maximum Gasteiger partial charge on any atom is 0.232 e. The predicted molar refractivity (Wildman–Crippen MR) is 70.4 cm³/mol. The number of halogens is 1. The van der Waals surface area contributed by atoms with Gasteiger partial charge in [-0.25, -0.2) is 15.0 Å². The van der Waals surface area contributed by atoms with Crippen LogP contribution in [0.5, 0.6) is 5.88 Å². The Labute approximate surface area is 113 Å². The maximum absolute atomic E-state index is 5.09. The molecular weight excluding hydrogens is 298 g/mol. The van der Waals surface area contributed by atoms with Crippen LogP contribution in [0, 0.1) is 6.92 Å². The smallest absolute Gasteiger partial charge is 0.232 e. The van der Waals surface area contributed by atoms with Gasteiger partial charge in [0.15, 0.2) is 0 Å². The standard InChI is InChI=1S/C11H12BrN5O/c1-7-13-4-3-8(16-7)5-14-11-15-6-9(12)10(17-11)18-2/h3-4,6H,5H2,1-2H3,(H,14,15,17). The summed E-state index contributed by atoms with van der Waals surface area (Å²) >= 11 is 3.30. The fraction of sp³-hybridized carbons (Fsp3) is 0.273. The van der Waals surface area contributed by atoms with Crippen LogP contribution >= 0.6 is 15.9 Å². The molecule has 0 unspecified atom stereocenters. The normalized spacial score (nSPS) is 10.2. The Hall–Kier alpha value is -1.76. The van der Waals surface area contributed by atoms with Crippen molar-refractivity contribution in [2.75, 3.05) is 12.4 Å². The zero-order chi connectivity index (χ0) is 13.0. The minimum absolute atomic E-state index is 0.492. The highest BCUT2D eigenvalue weighted by molar-refractivity contribution is 9.10. The molecule has 0 aromatic carbocycles. The van der Waals surface area contributed by atoms with Crippen molar-refractivity contribution in [3.63, 3.8) is 0 Å². The molecule has 0 bridgehead atoms. The first-order valence-corrected chi connectivity index (χ1v) is 6.07. The van der Waals surface area contributed by atoms with Crippen LogP contribution < -0.4 is 10.1 Å². The molecule has 18 heavy (non-hydrogen) atoms. The Morgan fingerprint density at radius 2 is 2.17 bits per heavy atom. The molecule has 0 aliphatic heterocycles. The molecule has 0 amide bonds. The third-order valence-corrected chi connectivity index (χ3v) is 2.71. The van der Waals surface area contributed by atoms with Crippen molar-refractivity contribution < 1.29 is 4.74 Å². The van der Waals surface area contributed by atoms with Crippen molar-refractivity contribution in [1.82, 2.24) is 19.9 Å². The first kappa shape index (κ1) is 12.7. The minimum atomic E-state index is 0.492. The predicted octanol–water partition coefficient (Wildman–Crippen LogP) is 1.96. The zero-order valence-corrected chi connectivity index (χ0v) is 11.6. The average Bonchev–Trinajstić information content (AvgIpc) is 2.38. The molecule has 94 valence electrons. The Balaban J connectivity index is 2.06. The SMILES string of the molecule is COc1nc(NCc2ccnc(C)n2)ncc1Br. The third-order valence-electron chi connectivity index (χ3n) is 2.17. The van der Waals surface area contributed by atoms with Gasteiger partial charge in [-0.1, -0.05) is 0 Å². The number of hydrogen-bond acceptors (Lipinski definition) is 6. The summed E-state index contributed by atoms with van der Waals surface area (Å²) in [6.07, 6.45) is 3.36. The van der Waals surface area contributed by atoms with Gasteiger partial charge in [0.2, 0.25) is 11.8 Å². The molecule has 0 fully saturated rings. The van der Waals surface area contributed by atoms with E-state index < -0.39 is 0 Å². The van der Waals surface area contributed by atoms with E-state index in [1.54, 1.807) is 19.5 Å². The number of anilines is 1. The number of methoxy groups -OCH3 is 1. The molecule has 2 aromatic heterocycles. The topological polar surface area (TPSA) is 72.8 Å². The lowest BCUT2D eigenvalue weighted by Gasteiger charge is -2.07. The second-order valence-electron chi connectivity index (χ2n) is 3.50. The highest BCUT2D eigenvalue weighted by Crippen LogP contribution is 2.21. The first-order chi connectivity index (χ1) is 8.69. The number of aryl methyl sites for hydroxylation is 1. The number of rotatable bonds is 4. The van der Waals surface area contributed by atoms with E-state index in [0.717, 1.165) is 11.5 Å². The molecule has 2 aromatic rings. The summed E-state index contributed by atoms with van der Waals surface area (Å²) < 4.78 is 5.81. The van der Waals surface area contributed by atoms with Gasteiger partial charge in [0.05, 0.1) is 30.0 Å². The molecule has 2 heterocycles. The van der Waals surface area contributed by atoms with Gasteiger partial charge in [-0.05, 0) is 28.9 Å². The van der Waals surface area contributed by atoms with Gasteiger partial charge < -0.3 is 10.1 Å². The molecule has 0 spiro atoms. The molecular formula is C11H12BrN5O. The van der Waals surface area contributed by atoms with Gasteiger partial charge in [-0.2, -0.15) is 4.98 Å². The second-order valence-corrected chi connectivity index (χ2v) is 4.35. The van der Waals surface area contributed by atoms with Gasteiger partial charge in [0.25, 0.3) is 0 Å². The van der Waals surface area contributed by atoms with E-state index in [1.807, 2.05) is 13.0 Å². The quantitative estimate of drug-likeness (QED) is 0.930. The molecule has 1 N–H and O–H groups in total. The molecule has 7 heteroatoms. The van der Waals surface area contributed by atoms with Crippen LogP contribution in [0.25, 0.3) is 0 Å². The fourth-order valence-electron chi connectivity index (χ4n) is 1.35. The average molecular weight is 310 g/mol.